The van der Waals surface area contributed by atoms with Crippen molar-refractivity contribution in [3.8, 4) is 11.8 Å². The molecule has 1 aromatic heterocycles. The van der Waals surface area contributed by atoms with Crippen LogP contribution in [0.15, 0.2) is 53.1 Å². The SMILES string of the molecule is Cc1noc(C(C)Nc2ccc(OCc3cccc(C#N)c3)cc2)n1. The molecule has 0 aliphatic carbocycles. The lowest BCUT2D eigenvalue weighted by Crippen LogP contribution is -2.07. The molecule has 25 heavy (non-hydrogen) atoms. The van der Waals surface area contributed by atoms with E-state index in [0.29, 0.717) is 23.9 Å². The van der Waals surface area contributed by atoms with Crippen molar-refractivity contribution in [2.24, 2.45) is 0 Å². The predicted octanol–water partition coefficient (Wildman–Crippen LogP) is 4.00. The fourth-order valence-corrected chi connectivity index (χ4v) is 2.35. The van der Waals surface area contributed by atoms with Crippen molar-refractivity contribution in [1.29, 1.82) is 5.26 Å². The average Bonchev–Trinajstić information content (AvgIpc) is 3.08. The Balaban J connectivity index is 1.57. The summed E-state index contributed by atoms with van der Waals surface area (Å²) in [5.74, 6) is 1.93. The van der Waals surface area contributed by atoms with Crippen LogP contribution in [-0.2, 0) is 6.61 Å². The lowest BCUT2D eigenvalue weighted by atomic mass is 10.1. The standard InChI is InChI=1S/C19H18N4O2/c1-13(19-22-14(2)23-25-19)21-17-6-8-18(9-7-17)24-12-16-5-3-4-15(10-16)11-20/h3-10,13,21H,12H2,1-2H3. The van der Waals surface area contributed by atoms with Gasteiger partial charge in [0.1, 0.15) is 18.4 Å². The molecule has 1 unspecified atom stereocenters. The van der Waals surface area contributed by atoms with Crippen LogP contribution in [0.5, 0.6) is 5.75 Å². The molecule has 0 saturated carbocycles. The fourth-order valence-electron chi connectivity index (χ4n) is 2.35. The van der Waals surface area contributed by atoms with E-state index in [2.05, 4.69) is 21.5 Å². The number of hydrogen-bond acceptors (Lipinski definition) is 6. The van der Waals surface area contributed by atoms with Crippen molar-refractivity contribution in [3.63, 3.8) is 0 Å². The molecule has 2 aromatic carbocycles. The summed E-state index contributed by atoms with van der Waals surface area (Å²) in [6, 6.07) is 17.1. The van der Waals surface area contributed by atoms with Crippen molar-refractivity contribution < 1.29 is 9.26 Å². The van der Waals surface area contributed by atoms with Crippen LogP contribution in [-0.4, -0.2) is 10.1 Å². The number of hydrogen-bond donors (Lipinski definition) is 1. The van der Waals surface area contributed by atoms with Crippen molar-refractivity contribution in [3.05, 3.63) is 71.4 Å². The molecule has 1 atom stereocenters. The minimum atomic E-state index is -0.0818. The van der Waals surface area contributed by atoms with Crippen LogP contribution < -0.4 is 10.1 Å². The first kappa shape index (κ1) is 16.5. The van der Waals surface area contributed by atoms with Crippen LogP contribution in [0.4, 0.5) is 5.69 Å². The Morgan fingerprint density at radius 1 is 1.24 bits per heavy atom. The molecule has 0 aliphatic heterocycles. The van der Waals surface area contributed by atoms with Gasteiger partial charge in [-0.15, -0.1) is 0 Å². The largest absolute Gasteiger partial charge is 0.489 e. The Morgan fingerprint density at radius 2 is 2.04 bits per heavy atom. The summed E-state index contributed by atoms with van der Waals surface area (Å²) >= 11 is 0. The Kier molecular flexibility index (Phi) is 4.95. The van der Waals surface area contributed by atoms with Gasteiger partial charge in [0.2, 0.25) is 5.89 Å². The molecule has 0 fully saturated rings. The maximum Gasteiger partial charge on any atom is 0.248 e. The summed E-state index contributed by atoms with van der Waals surface area (Å²) in [4.78, 5) is 4.21. The van der Waals surface area contributed by atoms with Crippen molar-refractivity contribution in [2.45, 2.75) is 26.5 Å². The molecular formula is C19H18N4O2. The third-order valence-electron chi connectivity index (χ3n) is 3.61. The number of rotatable bonds is 6. The van der Waals surface area contributed by atoms with Crippen molar-refractivity contribution >= 4 is 5.69 Å². The number of aromatic nitrogens is 2. The zero-order chi connectivity index (χ0) is 17.6. The van der Waals surface area contributed by atoms with Crippen LogP contribution in [0.2, 0.25) is 0 Å². The quantitative estimate of drug-likeness (QED) is 0.733. The maximum atomic E-state index is 8.92. The van der Waals surface area contributed by atoms with Crippen LogP contribution in [0.3, 0.4) is 0 Å². The number of nitriles is 1. The first-order valence-electron chi connectivity index (χ1n) is 7.92. The molecule has 1 N–H and O–H groups in total. The second kappa shape index (κ2) is 7.49. The zero-order valence-electron chi connectivity index (χ0n) is 14.1. The van der Waals surface area contributed by atoms with Gasteiger partial charge in [0.15, 0.2) is 5.82 Å². The summed E-state index contributed by atoms with van der Waals surface area (Å²) in [5, 5.41) is 16.0. The number of benzene rings is 2. The lowest BCUT2D eigenvalue weighted by molar-refractivity contribution is 0.306. The topological polar surface area (TPSA) is 84.0 Å². The van der Waals surface area contributed by atoms with E-state index in [4.69, 9.17) is 14.5 Å². The third-order valence-corrected chi connectivity index (χ3v) is 3.61. The Bertz CT molecular complexity index is 881. The molecular weight excluding hydrogens is 316 g/mol. The van der Waals surface area contributed by atoms with Crippen LogP contribution in [0.25, 0.3) is 0 Å². The molecule has 0 bridgehead atoms. The van der Waals surface area contributed by atoms with Crippen LogP contribution in [0, 0.1) is 18.3 Å². The van der Waals surface area contributed by atoms with E-state index in [1.54, 1.807) is 13.0 Å². The monoisotopic (exact) mass is 334 g/mol. The summed E-state index contributed by atoms with van der Waals surface area (Å²) < 4.78 is 10.9. The summed E-state index contributed by atoms with van der Waals surface area (Å²) in [6.07, 6.45) is 0. The molecule has 6 nitrogen and oxygen atoms in total. The molecule has 0 radical (unpaired) electrons. The van der Waals surface area contributed by atoms with E-state index >= 15 is 0 Å². The summed E-state index contributed by atoms with van der Waals surface area (Å²) in [6.45, 7) is 4.16. The van der Waals surface area contributed by atoms with Crippen LogP contribution >= 0.6 is 0 Å². The molecule has 3 rings (SSSR count). The molecule has 0 saturated heterocycles. The average molecular weight is 334 g/mol. The van der Waals surface area contributed by atoms with Gasteiger partial charge in [0, 0.05) is 5.69 Å². The lowest BCUT2D eigenvalue weighted by Gasteiger charge is -2.12. The van der Waals surface area contributed by atoms with E-state index in [9.17, 15) is 0 Å². The number of nitrogens with one attached hydrogen (secondary N) is 1. The molecule has 1 heterocycles. The van der Waals surface area contributed by atoms with E-state index in [1.165, 1.54) is 0 Å². The van der Waals surface area contributed by atoms with E-state index in [1.807, 2.05) is 49.4 Å². The molecule has 126 valence electrons. The first-order valence-corrected chi connectivity index (χ1v) is 7.92. The zero-order valence-corrected chi connectivity index (χ0v) is 14.1. The highest BCUT2D eigenvalue weighted by Crippen LogP contribution is 2.21. The van der Waals surface area contributed by atoms with E-state index in [0.717, 1.165) is 17.0 Å². The fraction of sp³-hybridized carbons (Fsp3) is 0.211. The van der Waals surface area contributed by atoms with Crippen molar-refractivity contribution in [2.75, 3.05) is 5.32 Å². The van der Waals surface area contributed by atoms with Gasteiger partial charge in [-0.25, -0.2) is 0 Å². The minimum absolute atomic E-state index is 0.0818. The second-order valence-corrected chi connectivity index (χ2v) is 5.67. The summed E-state index contributed by atoms with van der Waals surface area (Å²) in [7, 11) is 0. The number of nitrogens with zero attached hydrogens (tertiary/aromatic N) is 3. The number of aryl methyl sites for hydroxylation is 1. The highest BCUT2D eigenvalue weighted by atomic mass is 16.5. The van der Waals surface area contributed by atoms with Gasteiger partial charge in [0.05, 0.1) is 11.6 Å². The van der Waals surface area contributed by atoms with Gasteiger partial charge in [-0.3, -0.25) is 0 Å². The van der Waals surface area contributed by atoms with E-state index in [-0.39, 0.29) is 6.04 Å². The molecule has 0 aliphatic rings. The second-order valence-electron chi connectivity index (χ2n) is 5.67. The van der Waals surface area contributed by atoms with Gasteiger partial charge in [0.25, 0.3) is 0 Å². The van der Waals surface area contributed by atoms with Gasteiger partial charge >= 0.3 is 0 Å². The highest BCUT2D eigenvalue weighted by Gasteiger charge is 2.12. The summed E-state index contributed by atoms with van der Waals surface area (Å²) in [5.41, 5.74) is 2.52. The van der Waals surface area contributed by atoms with Gasteiger partial charge in [-0.2, -0.15) is 10.2 Å². The first-order chi connectivity index (χ1) is 12.1. The van der Waals surface area contributed by atoms with Gasteiger partial charge < -0.3 is 14.6 Å². The molecule has 0 spiro atoms. The number of anilines is 1. The van der Waals surface area contributed by atoms with Gasteiger partial charge in [-0.1, -0.05) is 17.3 Å². The minimum Gasteiger partial charge on any atom is -0.489 e. The van der Waals surface area contributed by atoms with Gasteiger partial charge in [-0.05, 0) is 55.8 Å². The van der Waals surface area contributed by atoms with Crippen molar-refractivity contribution in [1.82, 2.24) is 10.1 Å². The van der Waals surface area contributed by atoms with Crippen LogP contribution in [0.1, 0.15) is 35.8 Å². The molecule has 0 amide bonds. The maximum absolute atomic E-state index is 8.92. The smallest absolute Gasteiger partial charge is 0.248 e. The predicted molar refractivity (Wildman–Crippen MR) is 93.0 cm³/mol. The highest BCUT2D eigenvalue weighted by molar-refractivity contribution is 5.47. The Labute approximate surface area is 146 Å². The molecule has 3 aromatic rings. The molecule has 6 heteroatoms. The Hall–Kier alpha value is -3.33. The Morgan fingerprint density at radius 3 is 2.72 bits per heavy atom. The normalized spacial score (nSPS) is 11.6. The van der Waals surface area contributed by atoms with E-state index < -0.39 is 0 Å². The number of ether oxygens (including phenoxy) is 1. The third kappa shape index (κ3) is 4.36.